The number of halogens is 6. The van der Waals surface area contributed by atoms with Gasteiger partial charge in [0, 0.05) is 12.6 Å². The Morgan fingerprint density at radius 2 is 1.59 bits per heavy atom. The highest BCUT2D eigenvalue weighted by Gasteiger charge is 2.37. The summed E-state index contributed by atoms with van der Waals surface area (Å²) in [6.07, 6.45) is -9.87. The minimum atomic E-state index is -4.94. The lowest BCUT2D eigenvalue weighted by molar-refractivity contribution is -0.143. The smallest absolute Gasteiger partial charge is 0.359 e. The molecule has 3 rings (SSSR count). The number of hydrogen-bond donors (Lipinski definition) is 0. The van der Waals surface area contributed by atoms with Crippen molar-refractivity contribution in [3.05, 3.63) is 52.4 Å². The number of anilines is 1. The van der Waals surface area contributed by atoms with E-state index in [1.165, 1.54) is 11.9 Å². The number of aryl methyl sites for hydroxylation is 2. The summed E-state index contributed by atoms with van der Waals surface area (Å²) in [6.45, 7) is 1.28. The molecule has 0 aliphatic heterocycles. The van der Waals surface area contributed by atoms with E-state index in [-0.39, 0.29) is 30.7 Å². The fraction of sp³-hybridized carbons (Fsp3) is 0.375. The molecule has 0 radical (unpaired) electrons. The van der Waals surface area contributed by atoms with Crippen LogP contribution in [0, 0.1) is 6.92 Å². The minimum Gasteiger partial charge on any atom is -0.359 e. The average molecular weight is 420 g/mol. The van der Waals surface area contributed by atoms with E-state index in [0.717, 1.165) is 4.80 Å². The summed E-state index contributed by atoms with van der Waals surface area (Å²) in [4.78, 5) is 2.45. The first kappa shape index (κ1) is 20.6. The number of hydrogen-bond acceptors (Lipinski definition) is 6. The van der Waals surface area contributed by atoms with Gasteiger partial charge in [0.1, 0.15) is 0 Å². The van der Waals surface area contributed by atoms with Crippen LogP contribution in [-0.2, 0) is 32.5 Å². The molecule has 0 bridgehead atoms. The van der Waals surface area contributed by atoms with Crippen LogP contribution in [0.1, 0.15) is 28.1 Å². The summed E-state index contributed by atoms with van der Waals surface area (Å²) in [6, 6.07) is 2.97. The Morgan fingerprint density at radius 3 is 2.03 bits per heavy atom. The van der Waals surface area contributed by atoms with Gasteiger partial charge in [-0.2, -0.15) is 31.1 Å². The van der Waals surface area contributed by atoms with Crippen molar-refractivity contribution in [2.24, 2.45) is 7.05 Å². The van der Waals surface area contributed by atoms with E-state index in [1.54, 1.807) is 13.0 Å². The molecule has 2 heterocycles. The number of alkyl halides is 6. The fourth-order valence-corrected chi connectivity index (χ4v) is 2.61. The topological polar surface area (TPSA) is 72.9 Å². The van der Waals surface area contributed by atoms with Crippen molar-refractivity contribution in [2.75, 3.05) is 4.90 Å². The molecule has 0 aliphatic carbocycles. The Bertz CT molecular complexity index is 960. The van der Waals surface area contributed by atoms with E-state index in [2.05, 4.69) is 20.6 Å². The van der Waals surface area contributed by atoms with Crippen LogP contribution in [0.25, 0.3) is 0 Å². The van der Waals surface area contributed by atoms with Gasteiger partial charge in [-0.3, -0.25) is 0 Å². The highest BCUT2D eigenvalue weighted by molar-refractivity contribution is 5.37. The largest absolute Gasteiger partial charge is 0.416 e. The Kier molecular flexibility index (Phi) is 5.24. The minimum absolute atomic E-state index is 0.00697. The molecule has 0 spiro atoms. The van der Waals surface area contributed by atoms with Gasteiger partial charge < -0.3 is 9.42 Å². The normalized spacial score (nSPS) is 12.4. The molecule has 0 fully saturated rings. The second-order valence-electron chi connectivity index (χ2n) is 6.28. The van der Waals surface area contributed by atoms with Gasteiger partial charge in [0.2, 0.25) is 0 Å². The van der Waals surface area contributed by atoms with Gasteiger partial charge in [-0.15, -0.1) is 5.10 Å². The third-order valence-corrected chi connectivity index (χ3v) is 3.82. The van der Waals surface area contributed by atoms with E-state index in [9.17, 15) is 26.3 Å². The summed E-state index contributed by atoms with van der Waals surface area (Å²) < 4.78 is 83.7. The molecule has 0 N–H and O–H groups in total. The summed E-state index contributed by atoms with van der Waals surface area (Å²) in [7, 11) is 1.47. The van der Waals surface area contributed by atoms with Gasteiger partial charge in [-0.1, -0.05) is 10.3 Å². The molecule has 3 aromatic rings. The maximum Gasteiger partial charge on any atom is 0.416 e. The molecule has 7 nitrogen and oxygen atoms in total. The van der Waals surface area contributed by atoms with Crippen molar-refractivity contribution >= 4 is 5.95 Å². The average Bonchev–Trinajstić information content (AvgIpc) is 3.21. The van der Waals surface area contributed by atoms with E-state index in [4.69, 9.17) is 4.52 Å². The van der Waals surface area contributed by atoms with Gasteiger partial charge in [-0.05, 0) is 35.9 Å². The van der Waals surface area contributed by atoms with Crippen LogP contribution in [-0.4, -0.2) is 25.4 Å². The van der Waals surface area contributed by atoms with Crippen LogP contribution in [0.2, 0.25) is 0 Å². The highest BCUT2D eigenvalue weighted by Crippen LogP contribution is 2.36. The second kappa shape index (κ2) is 7.37. The Morgan fingerprint density at radius 1 is 0.966 bits per heavy atom. The van der Waals surface area contributed by atoms with Gasteiger partial charge in [0.15, 0.2) is 5.76 Å². The van der Waals surface area contributed by atoms with E-state index in [1.807, 2.05) is 0 Å². The van der Waals surface area contributed by atoms with Crippen LogP contribution < -0.4 is 4.90 Å². The quantitative estimate of drug-likeness (QED) is 0.586. The third kappa shape index (κ3) is 5.03. The number of tetrazole rings is 1. The Hall–Kier alpha value is -3.12. The van der Waals surface area contributed by atoms with Crippen molar-refractivity contribution in [1.82, 2.24) is 25.4 Å². The van der Waals surface area contributed by atoms with Gasteiger partial charge >= 0.3 is 12.4 Å². The Balaban J connectivity index is 1.99. The third-order valence-electron chi connectivity index (χ3n) is 3.82. The zero-order chi connectivity index (χ0) is 21.4. The van der Waals surface area contributed by atoms with Crippen molar-refractivity contribution in [3.63, 3.8) is 0 Å². The molecule has 13 heteroatoms. The molecule has 0 aliphatic rings. The van der Waals surface area contributed by atoms with Gasteiger partial charge in [0.25, 0.3) is 5.95 Å². The van der Waals surface area contributed by atoms with Crippen LogP contribution in [0.5, 0.6) is 0 Å². The SMILES string of the molecule is Cc1cc(CN(Cc2cc(C(F)(F)F)cc(C(F)(F)F)c2)c2nnn(C)n2)on1. The summed E-state index contributed by atoms with van der Waals surface area (Å²) in [5, 5.41) is 15.1. The first-order valence-corrected chi connectivity index (χ1v) is 8.11. The van der Waals surface area contributed by atoms with Crippen molar-refractivity contribution in [3.8, 4) is 0 Å². The summed E-state index contributed by atoms with van der Waals surface area (Å²) in [5.74, 6) is 0.338. The molecule has 0 saturated carbocycles. The summed E-state index contributed by atoms with van der Waals surface area (Å²) in [5.41, 5.74) is -2.46. The van der Waals surface area contributed by atoms with E-state index in [0.29, 0.717) is 23.6 Å². The maximum atomic E-state index is 13.1. The molecule has 2 aromatic heterocycles. The first-order valence-electron chi connectivity index (χ1n) is 8.11. The molecule has 156 valence electrons. The molecule has 0 amide bonds. The molecule has 1 aromatic carbocycles. The molecule has 0 saturated heterocycles. The number of nitrogens with zero attached hydrogens (tertiary/aromatic N) is 6. The zero-order valence-corrected chi connectivity index (χ0v) is 15.1. The van der Waals surface area contributed by atoms with E-state index >= 15 is 0 Å². The van der Waals surface area contributed by atoms with Crippen LogP contribution in [0.4, 0.5) is 32.3 Å². The molecule has 29 heavy (non-hydrogen) atoms. The van der Waals surface area contributed by atoms with Crippen molar-refractivity contribution in [2.45, 2.75) is 32.4 Å². The standard InChI is InChI=1S/C16H14F6N6O/c1-9-3-13(29-25-9)8-28(14-23-26-27(2)24-14)7-10-4-11(15(17,18)19)6-12(5-10)16(20,21)22/h3-6H,7-8H2,1-2H3. The predicted octanol–water partition coefficient (Wildman–Crippen LogP) is 3.75. The summed E-state index contributed by atoms with van der Waals surface area (Å²) >= 11 is 0. The second-order valence-corrected chi connectivity index (χ2v) is 6.28. The lowest BCUT2D eigenvalue weighted by Gasteiger charge is -2.21. The van der Waals surface area contributed by atoms with Crippen LogP contribution >= 0.6 is 0 Å². The van der Waals surface area contributed by atoms with Crippen LogP contribution in [0.3, 0.4) is 0 Å². The number of rotatable bonds is 5. The van der Waals surface area contributed by atoms with Gasteiger partial charge in [-0.25, -0.2) is 0 Å². The van der Waals surface area contributed by atoms with Gasteiger partial charge in [0.05, 0.1) is 30.4 Å². The predicted molar refractivity (Wildman–Crippen MR) is 86.4 cm³/mol. The highest BCUT2D eigenvalue weighted by atomic mass is 19.4. The fourth-order valence-electron chi connectivity index (χ4n) is 2.61. The lowest BCUT2D eigenvalue weighted by Crippen LogP contribution is -2.24. The molecule has 0 atom stereocenters. The van der Waals surface area contributed by atoms with Crippen molar-refractivity contribution < 1.29 is 30.9 Å². The Labute approximate surface area is 159 Å². The van der Waals surface area contributed by atoms with Crippen molar-refractivity contribution in [1.29, 1.82) is 0 Å². The number of benzene rings is 1. The zero-order valence-electron chi connectivity index (χ0n) is 15.1. The molecular formula is C16H14F6N6O. The molecular weight excluding hydrogens is 406 g/mol. The number of aromatic nitrogens is 5. The van der Waals surface area contributed by atoms with Crippen LogP contribution in [0.15, 0.2) is 28.8 Å². The lowest BCUT2D eigenvalue weighted by atomic mass is 10.0. The van der Waals surface area contributed by atoms with E-state index < -0.39 is 23.5 Å². The maximum absolute atomic E-state index is 13.1. The first-order chi connectivity index (χ1) is 13.4. The molecule has 0 unspecified atom stereocenters. The monoisotopic (exact) mass is 420 g/mol.